The third-order valence-corrected chi connectivity index (χ3v) is 3.68. The number of ether oxygens (including phenoxy) is 1. The SMILES string of the molecule is CCOc1ccccc1NC(=O)NC(C)(C)c1ccc(Cl)cc1. The van der Waals surface area contributed by atoms with E-state index in [1.165, 1.54) is 0 Å². The molecule has 0 spiro atoms. The summed E-state index contributed by atoms with van der Waals surface area (Å²) >= 11 is 5.91. The molecule has 2 rings (SSSR count). The molecule has 0 aliphatic carbocycles. The molecule has 0 fully saturated rings. The van der Waals surface area contributed by atoms with E-state index in [-0.39, 0.29) is 6.03 Å². The molecule has 4 nitrogen and oxygen atoms in total. The number of anilines is 1. The fourth-order valence-corrected chi connectivity index (χ4v) is 2.35. The summed E-state index contributed by atoms with van der Waals surface area (Å²) in [5, 5.41) is 6.46. The molecule has 122 valence electrons. The van der Waals surface area contributed by atoms with Crippen LogP contribution in [0.1, 0.15) is 26.3 Å². The quantitative estimate of drug-likeness (QED) is 0.826. The van der Waals surface area contributed by atoms with Crippen molar-refractivity contribution >= 4 is 23.3 Å². The molecule has 5 heteroatoms. The van der Waals surface area contributed by atoms with E-state index in [0.717, 1.165) is 5.56 Å². The highest BCUT2D eigenvalue weighted by Gasteiger charge is 2.23. The van der Waals surface area contributed by atoms with Crippen molar-refractivity contribution in [3.8, 4) is 5.75 Å². The van der Waals surface area contributed by atoms with Crippen LogP contribution in [-0.2, 0) is 5.54 Å². The molecule has 0 saturated heterocycles. The Morgan fingerprint density at radius 3 is 2.43 bits per heavy atom. The average molecular weight is 333 g/mol. The van der Waals surface area contributed by atoms with Gasteiger partial charge in [-0.25, -0.2) is 4.79 Å². The van der Waals surface area contributed by atoms with Gasteiger partial charge in [0.25, 0.3) is 0 Å². The first-order valence-corrected chi connectivity index (χ1v) is 7.87. The minimum absolute atomic E-state index is 0.294. The molecule has 0 heterocycles. The Labute approximate surface area is 141 Å². The topological polar surface area (TPSA) is 50.4 Å². The van der Waals surface area contributed by atoms with Gasteiger partial charge in [0.2, 0.25) is 0 Å². The van der Waals surface area contributed by atoms with Crippen molar-refractivity contribution in [1.29, 1.82) is 0 Å². The number of rotatable bonds is 5. The number of carbonyl (C=O) groups excluding carboxylic acids is 1. The summed E-state index contributed by atoms with van der Waals surface area (Å²) in [4.78, 5) is 12.3. The zero-order valence-corrected chi connectivity index (χ0v) is 14.3. The second-order valence-corrected chi connectivity index (χ2v) is 6.08. The zero-order chi connectivity index (χ0) is 16.9. The molecular formula is C18H21ClN2O2. The van der Waals surface area contributed by atoms with E-state index < -0.39 is 5.54 Å². The fourth-order valence-electron chi connectivity index (χ4n) is 2.23. The number of benzene rings is 2. The number of halogens is 1. The van der Waals surface area contributed by atoms with Gasteiger partial charge in [0.05, 0.1) is 17.8 Å². The van der Waals surface area contributed by atoms with Crippen LogP contribution >= 0.6 is 11.6 Å². The normalized spacial score (nSPS) is 11.0. The molecule has 2 N–H and O–H groups in total. The first-order chi connectivity index (χ1) is 10.9. The highest BCUT2D eigenvalue weighted by molar-refractivity contribution is 6.30. The Hall–Kier alpha value is -2.20. The maximum Gasteiger partial charge on any atom is 0.320 e. The lowest BCUT2D eigenvalue weighted by molar-refractivity contribution is 0.241. The third kappa shape index (κ3) is 4.63. The number of hydrogen-bond acceptors (Lipinski definition) is 2. The van der Waals surface area contributed by atoms with E-state index in [2.05, 4.69) is 10.6 Å². The van der Waals surface area contributed by atoms with Crippen LogP contribution < -0.4 is 15.4 Å². The van der Waals surface area contributed by atoms with Crippen molar-refractivity contribution in [2.75, 3.05) is 11.9 Å². The third-order valence-electron chi connectivity index (χ3n) is 3.43. The van der Waals surface area contributed by atoms with Crippen molar-refractivity contribution < 1.29 is 9.53 Å². The standard InChI is InChI=1S/C18H21ClN2O2/c1-4-23-16-8-6-5-7-15(16)20-17(22)21-18(2,3)13-9-11-14(19)12-10-13/h5-12H,4H2,1-3H3,(H2,20,21,22). The van der Waals surface area contributed by atoms with Gasteiger partial charge in [-0.1, -0.05) is 35.9 Å². The van der Waals surface area contributed by atoms with Crippen molar-refractivity contribution in [2.24, 2.45) is 0 Å². The van der Waals surface area contributed by atoms with Gasteiger partial charge in [-0.3, -0.25) is 0 Å². The van der Waals surface area contributed by atoms with Crippen molar-refractivity contribution in [1.82, 2.24) is 5.32 Å². The average Bonchev–Trinajstić information content (AvgIpc) is 2.49. The summed E-state index contributed by atoms with van der Waals surface area (Å²) in [6.45, 7) is 6.31. The summed E-state index contributed by atoms with van der Waals surface area (Å²) in [5.41, 5.74) is 1.07. The van der Waals surface area contributed by atoms with Crippen LogP contribution in [0, 0.1) is 0 Å². The Morgan fingerprint density at radius 1 is 1.13 bits per heavy atom. The van der Waals surface area contributed by atoms with E-state index in [0.29, 0.717) is 23.1 Å². The van der Waals surface area contributed by atoms with Crippen LogP contribution in [0.15, 0.2) is 48.5 Å². The maximum atomic E-state index is 12.3. The molecule has 2 aromatic rings. The lowest BCUT2D eigenvalue weighted by Gasteiger charge is -2.27. The highest BCUT2D eigenvalue weighted by atomic mass is 35.5. The van der Waals surface area contributed by atoms with Crippen molar-refractivity contribution in [3.63, 3.8) is 0 Å². The number of carbonyl (C=O) groups is 1. The van der Waals surface area contributed by atoms with Gasteiger partial charge in [0.1, 0.15) is 5.75 Å². The largest absolute Gasteiger partial charge is 0.492 e. The monoisotopic (exact) mass is 332 g/mol. The minimum Gasteiger partial charge on any atom is -0.492 e. The first-order valence-electron chi connectivity index (χ1n) is 7.49. The van der Waals surface area contributed by atoms with E-state index in [1.54, 1.807) is 6.07 Å². The van der Waals surface area contributed by atoms with Crippen molar-refractivity contribution in [2.45, 2.75) is 26.3 Å². The van der Waals surface area contributed by atoms with E-state index in [9.17, 15) is 4.79 Å². The van der Waals surface area contributed by atoms with Gasteiger partial charge in [-0.2, -0.15) is 0 Å². The molecule has 0 bridgehead atoms. The second-order valence-electron chi connectivity index (χ2n) is 5.64. The highest BCUT2D eigenvalue weighted by Crippen LogP contribution is 2.25. The first kappa shape index (κ1) is 17.2. The second kappa shape index (κ2) is 7.38. The van der Waals surface area contributed by atoms with Crippen LogP contribution in [-0.4, -0.2) is 12.6 Å². The molecule has 2 amide bonds. The van der Waals surface area contributed by atoms with Crippen molar-refractivity contribution in [3.05, 3.63) is 59.1 Å². The summed E-state index contributed by atoms with van der Waals surface area (Å²) < 4.78 is 5.51. The Morgan fingerprint density at radius 2 is 1.78 bits per heavy atom. The predicted octanol–water partition coefficient (Wildman–Crippen LogP) is 4.80. The molecule has 0 radical (unpaired) electrons. The summed E-state index contributed by atoms with van der Waals surface area (Å²) in [5.74, 6) is 0.648. The smallest absolute Gasteiger partial charge is 0.320 e. The minimum atomic E-state index is -0.533. The lowest BCUT2D eigenvalue weighted by Crippen LogP contribution is -2.43. The number of para-hydroxylation sites is 2. The van der Waals surface area contributed by atoms with Gasteiger partial charge in [-0.15, -0.1) is 0 Å². The number of nitrogens with one attached hydrogen (secondary N) is 2. The summed E-state index contributed by atoms with van der Waals surface area (Å²) in [6, 6.07) is 14.5. The van der Waals surface area contributed by atoms with E-state index in [1.807, 2.05) is 63.2 Å². The van der Waals surface area contributed by atoms with Gasteiger partial charge in [-0.05, 0) is 50.6 Å². The number of amides is 2. The molecule has 23 heavy (non-hydrogen) atoms. The maximum absolute atomic E-state index is 12.3. The number of hydrogen-bond donors (Lipinski definition) is 2. The Kier molecular flexibility index (Phi) is 5.50. The van der Waals surface area contributed by atoms with E-state index >= 15 is 0 Å². The van der Waals surface area contributed by atoms with Crippen LogP contribution in [0.5, 0.6) is 5.75 Å². The molecular weight excluding hydrogens is 312 g/mol. The molecule has 2 aromatic carbocycles. The van der Waals surface area contributed by atoms with Crippen LogP contribution in [0.4, 0.5) is 10.5 Å². The van der Waals surface area contributed by atoms with Gasteiger partial charge < -0.3 is 15.4 Å². The summed E-state index contributed by atoms with van der Waals surface area (Å²) in [7, 11) is 0. The van der Waals surface area contributed by atoms with E-state index in [4.69, 9.17) is 16.3 Å². The molecule has 0 saturated carbocycles. The van der Waals surface area contributed by atoms with Gasteiger partial charge in [0, 0.05) is 5.02 Å². The molecule has 0 unspecified atom stereocenters. The predicted molar refractivity (Wildman–Crippen MR) is 94.2 cm³/mol. The van der Waals surface area contributed by atoms with Gasteiger partial charge >= 0.3 is 6.03 Å². The fraction of sp³-hybridized carbons (Fsp3) is 0.278. The van der Waals surface area contributed by atoms with Crippen LogP contribution in [0.3, 0.4) is 0 Å². The zero-order valence-electron chi connectivity index (χ0n) is 13.5. The molecule has 0 aliphatic heterocycles. The Balaban J connectivity index is 2.08. The number of urea groups is 1. The molecule has 0 atom stereocenters. The van der Waals surface area contributed by atoms with Gasteiger partial charge in [0.15, 0.2) is 0 Å². The Bertz CT molecular complexity index is 669. The lowest BCUT2D eigenvalue weighted by atomic mass is 9.94. The molecule has 0 aromatic heterocycles. The van der Waals surface area contributed by atoms with Crippen LogP contribution in [0.2, 0.25) is 5.02 Å². The summed E-state index contributed by atoms with van der Waals surface area (Å²) in [6.07, 6.45) is 0. The van der Waals surface area contributed by atoms with Crippen LogP contribution in [0.25, 0.3) is 0 Å². The molecule has 0 aliphatic rings.